The Morgan fingerprint density at radius 2 is 2.00 bits per heavy atom. The summed E-state index contributed by atoms with van der Waals surface area (Å²) in [5, 5.41) is 10.6. The number of hydrogen-bond acceptors (Lipinski definition) is 6. The van der Waals surface area contributed by atoms with Gasteiger partial charge in [0.15, 0.2) is 5.65 Å². The van der Waals surface area contributed by atoms with Gasteiger partial charge in [-0.15, -0.1) is 11.3 Å². The van der Waals surface area contributed by atoms with E-state index in [0.717, 1.165) is 28.8 Å². The van der Waals surface area contributed by atoms with Gasteiger partial charge in [0, 0.05) is 11.4 Å². The molecule has 3 heterocycles. The highest BCUT2D eigenvalue weighted by molar-refractivity contribution is 7.14. The molecule has 3 aromatic heterocycles. The van der Waals surface area contributed by atoms with Crippen LogP contribution in [-0.4, -0.2) is 31.7 Å². The van der Waals surface area contributed by atoms with Gasteiger partial charge in [0.05, 0.1) is 21.4 Å². The summed E-state index contributed by atoms with van der Waals surface area (Å²) < 4.78 is 1.87. The summed E-state index contributed by atoms with van der Waals surface area (Å²) in [5.74, 6) is 0.385. The Morgan fingerprint density at radius 1 is 1.25 bits per heavy atom. The Balaban J connectivity index is 1.69. The van der Waals surface area contributed by atoms with Crippen LogP contribution in [-0.2, 0) is 5.54 Å². The molecule has 1 amide bonds. The highest BCUT2D eigenvalue weighted by Gasteiger charge is 2.25. The van der Waals surface area contributed by atoms with E-state index < -0.39 is 0 Å². The molecular weight excluding hydrogens is 372 g/mol. The predicted octanol–water partition coefficient (Wildman–Crippen LogP) is 3.95. The van der Waals surface area contributed by atoms with Gasteiger partial charge in [0.1, 0.15) is 17.8 Å². The second kappa shape index (κ2) is 7.16. The molecule has 28 heavy (non-hydrogen) atoms. The molecule has 148 valence electrons. The molecule has 1 aliphatic carbocycles. The average molecular weight is 399 g/mol. The molecule has 8 heteroatoms. The summed E-state index contributed by atoms with van der Waals surface area (Å²) in [7, 11) is 0. The minimum absolute atomic E-state index is 0.0156. The number of rotatable bonds is 3. The molecular formula is C20H26N6OS. The molecule has 0 atom stereocenters. The fourth-order valence-corrected chi connectivity index (χ4v) is 4.59. The molecule has 4 rings (SSSR count). The van der Waals surface area contributed by atoms with Crippen molar-refractivity contribution in [2.75, 3.05) is 5.73 Å². The zero-order valence-corrected chi connectivity index (χ0v) is 17.3. The smallest absolute Gasteiger partial charge is 0.252 e. The minimum atomic E-state index is -0.254. The number of aromatic nitrogens is 4. The molecule has 0 unspecified atom stereocenters. The molecule has 1 aliphatic rings. The molecule has 3 aromatic rings. The van der Waals surface area contributed by atoms with E-state index in [0.29, 0.717) is 17.0 Å². The van der Waals surface area contributed by atoms with Gasteiger partial charge in [0.2, 0.25) is 0 Å². The van der Waals surface area contributed by atoms with Gasteiger partial charge in [-0.25, -0.2) is 14.6 Å². The third-order valence-electron chi connectivity index (χ3n) is 5.16. The maximum Gasteiger partial charge on any atom is 0.252 e. The van der Waals surface area contributed by atoms with Crippen molar-refractivity contribution < 1.29 is 4.79 Å². The van der Waals surface area contributed by atoms with Gasteiger partial charge >= 0.3 is 0 Å². The first-order valence-corrected chi connectivity index (χ1v) is 10.6. The van der Waals surface area contributed by atoms with E-state index in [9.17, 15) is 4.79 Å². The van der Waals surface area contributed by atoms with Crippen molar-refractivity contribution in [3.05, 3.63) is 23.3 Å². The molecule has 1 saturated carbocycles. The van der Waals surface area contributed by atoms with E-state index in [4.69, 9.17) is 10.8 Å². The first-order valence-electron chi connectivity index (χ1n) is 9.74. The quantitative estimate of drug-likeness (QED) is 0.696. The molecule has 0 bridgehead atoms. The largest absolute Gasteiger partial charge is 0.383 e. The summed E-state index contributed by atoms with van der Waals surface area (Å²) in [6.07, 6.45) is 7.24. The number of nitrogens with zero attached hydrogens (tertiary/aromatic N) is 4. The maximum atomic E-state index is 12.7. The maximum absolute atomic E-state index is 12.7. The predicted molar refractivity (Wildman–Crippen MR) is 112 cm³/mol. The molecule has 7 nitrogen and oxygen atoms in total. The lowest BCUT2D eigenvalue weighted by Gasteiger charge is -2.22. The first kappa shape index (κ1) is 18.9. The van der Waals surface area contributed by atoms with E-state index in [-0.39, 0.29) is 17.5 Å². The Hall–Kier alpha value is -2.48. The molecule has 0 saturated heterocycles. The number of carbonyl (C=O) groups excluding carboxylic acids is 1. The molecule has 0 aromatic carbocycles. The average Bonchev–Trinajstić information content (AvgIpc) is 3.27. The van der Waals surface area contributed by atoms with Crippen molar-refractivity contribution in [2.24, 2.45) is 0 Å². The van der Waals surface area contributed by atoms with Crippen LogP contribution in [0.15, 0.2) is 17.8 Å². The number of anilines is 1. The second-order valence-corrected chi connectivity index (χ2v) is 9.31. The lowest BCUT2D eigenvalue weighted by molar-refractivity contribution is 0.0928. The van der Waals surface area contributed by atoms with E-state index in [2.05, 4.69) is 36.1 Å². The Morgan fingerprint density at radius 3 is 2.71 bits per heavy atom. The number of nitrogens with one attached hydrogen (secondary N) is 1. The fourth-order valence-electron chi connectivity index (χ4n) is 3.71. The number of fused-ring (bicyclic) bond motifs is 1. The van der Waals surface area contributed by atoms with Gasteiger partial charge in [-0.3, -0.25) is 4.79 Å². The summed E-state index contributed by atoms with van der Waals surface area (Å²) in [6.45, 7) is 6.21. The lowest BCUT2D eigenvalue weighted by atomic mass is 9.95. The number of amides is 1. The molecule has 3 N–H and O–H groups in total. The van der Waals surface area contributed by atoms with Crippen LogP contribution in [0.5, 0.6) is 0 Å². The Kier molecular flexibility index (Phi) is 4.82. The third-order valence-corrected chi connectivity index (χ3v) is 6.10. The number of nitrogen functional groups attached to an aromatic ring is 1. The molecule has 0 radical (unpaired) electrons. The summed E-state index contributed by atoms with van der Waals surface area (Å²) in [4.78, 5) is 22.1. The fraction of sp³-hybridized carbons (Fsp3) is 0.500. The number of thiophene rings is 1. The number of nitrogens with two attached hydrogens (primary N) is 1. The van der Waals surface area contributed by atoms with Crippen LogP contribution < -0.4 is 11.1 Å². The van der Waals surface area contributed by atoms with E-state index in [1.165, 1.54) is 36.9 Å². The van der Waals surface area contributed by atoms with Gasteiger partial charge < -0.3 is 11.1 Å². The SMILES string of the molecule is CC(C)(C)n1nc(-c2cc(C(=O)NC3CCCCC3)cs2)c2c(N)ncnc21. The standard InChI is InChI=1S/C20H26N6OS/c1-20(2,3)26-18-15(17(21)22-11-23-18)16(25-26)14-9-12(10-28-14)19(27)24-13-7-5-4-6-8-13/h9-11,13H,4-8H2,1-3H3,(H,24,27)(H2,21,22,23). The summed E-state index contributed by atoms with van der Waals surface area (Å²) in [5.41, 5.74) is 8.01. The van der Waals surface area contributed by atoms with Gasteiger partial charge in [-0.05, 0) is 39.7 Å². The topological polar surface area (TPSA) is 98.7 Å². The van der Waals surface area contributed by atoms with Crippen LogP contribution in [0.2, 0.25) is 0 Å². The third kappa shape index (κ3) is 3.48. The van der Waals surface area contributed by atoms with E-state index in [1.54, 1.807) is 0 Å². The summed E-state index contributed by atoms with van der Waals surface area (Å²) in [6, 6.07) is 2.18. The van der Waals surface area contributed by atoms with Crippen LogP contribution in [0.25, 0.3) is 21.6 Å². The van der Waals surface area contributed by atoms with Gasteiger partial charge in [-0.1, -0.05) is 19.3 Å². The van der Waals surface area contributed by atoms with Crippen LogP contribution in [0.3, 0.4) is 0 Å². The normalized spacial score (nSPS) is 15.8. The molecule has 0 spiro atoms. The van der Waals surface area contributed by atoms with Crippen molar-refractivity contribution in [1.29, 1.82) is 0 Å². The van der Waals surface area contributed by atoms with Gasteiger partial charge in [-0.2, -0.15) is 5.10 Å². The Bertz CT molecular complexity index is 1010. The van der Waals surface area contributed by atoms with Crippen LogP contribution in [0.4, 0.5) is 5.82 Å². The minimum Gasteiger partial charge on any atom is -0.383 e. The number of carbonyl (C=O) groups is 1. The zero-order valence-electron chi connectivity index (χ0n) is 16.5. The monoisotopic (exact) mass is 398 g/mol. The Labute approximate surface area is 168 Å². The van der Waals surface area contributed by atoms with E-state index in [1.807, 2.05) is 16.1 Å². The molecule has 0 aliphatic heterocycles. The molecule has 1 fully saturated rings. The van der Waals surface area contributed by atoms with Crippen molar-refractivity contribution in [3.8, 4) is 10.6 Å². The van der Waals surface area contributed by atoms with Crippen molar-refractivity contribution in [2.45, 2.75) is 64.5 Å². The van der Waals surface area contributed by atoms with Crippen molar-refractivity contribution in [3.63, 3.8) is 0 Å². The van der Waals surface area contributed by atoms with Gasteiger partial charge in [0.25, 0.3) is 5.91 Å². The first-order chi connectivity index (χ1) is 13.3. The highest BCUT2D eigenvalue weighted by Crippen LogP contribution is 2.36. The lowest BCUT2D eigenvalue weighted by Crippen LogP contribution is -2.35. The zero-order chi connectivity index (χ0) is 19.9. The van der Waals surface area contributed by atoms with Crippen LogP contribution >= 0.6 is 11.3 Å². The van der Waals surface area contributed by atoms with Crippen molar-refractivity contribution >= 4 is 34.1 Å². The van der Waals surface area contributed by atoms with Crippen LogP contribution in [0.1, 0.15) is 63.2 Å². The number of hydrogen-bond donors (Lipinski definition) is 2. The summed E-state index contributed by atoms with van der Waals surface area (Å²) >= 11 is 1.49. The van der Waals surface area contributed by atoms with Crippen LogP contribution in [0, 0.1) is 0 Å². The second-order valence-electron chi connectivity index (χ2n) is 8.40. The van der Waals surface area contributed by atoms with E-state index >= 15 is 0 Å². The van der Waals surface area contributed by atoms with Crippen molar-refractivity contribution in [1.82, 2.24) is 25.1 Å². The highest BCUT2D eigenvalue weighted by atomic mass is 32.1.